The Kier molecular flexibility index (Phi) is 5.30. The first kappa shape index (κ1) is 15.3. The molecule has 1 saturated carbocycles. The molecule has 0 atom stereocenters. The average molecular weight is 301 g/mol. The fourth-order valence-corrected chi connectivity index (χ4v) is 3.58. The van der Waals surface area contributed by atoms with Gasteiger partial charge in [0.05, 0.1) is 0 Å². The van der Waals surface area contributed by atoms with E-state index >= 15 is 0 Å². The van der Waals surface area contributed by atoms with E-state index in [0.29, 0.717) is 11.7 Å². The molecule has 1 aromatic heterocycles. The lowest BCUT2D eigenvalue weighted by atomic mass is 9.95. The minimum absolute atomic E-state index is 0.0106. The number of anilines is 1. The van der Waals surface area contributed by atoms with Crippen LogP contribution >= 0.6 is 0 Å². The largest absolute Gasteiger partial charge is 0.371 e. The fraction of sp³-hybridized carbons (Fsp3) is 0.667. The Labute approximate surface area is 133 Å². The van der Waals surface area contributed by atoms with Crippen molar-refractivity contribution in [3.63, 3.8) is 0 Å². The van der Waals surface area contributed by atoms with Crippen LogP contribution in [0.5, 0.6) is 0 Å². The number of carbonyl (C=O) groups excluding carboxylic acids is 1. The Morgan fingerprint density at radius 1 is 1.05 bits per heavy atom. The van der Waals surface area contributed by atoms with E-state index in [4.69, 9.17) is 0 Å². The first-order chi connectivity index (χ1) is 10.8. The summed E-state index contributed by atoms with van der Waals surface area (Å²) in [6.07, 6.45) is 12.9. The highest BCUT2D eigenvalue weighted by atomic mass is 16.1. The van der Waals surface area contributed by atoms with E-state index in [1.807, 2.05) is 12.1 Å². The first-order valence-corrected chi connectivity index (χ1v) is 8.85. The van der Waals surface area contributed by atoms with E-state index in [0.717, 1.165) is 31.6 Å². The second-order valence-electron chi connectivity index (χ2n) is 6.61. The molecule has 120 valence electrons. The zero-order chi connectivity index (χ0) is 15.2. The Hall–Kier alpha value is -1.58. The number of hydrogen-bond acceptors (Lipinski definition) is 3. The van der Waals surface area contributed by atoms with Crippen LogP contribution in [0.2, 0.25) is 0 Å². The summed E-state index contributed by atoms with van der Waals surface area (Å²) < 4.78 is 0. The predicted octanol–water partition coefficient (Wildman–Crippen LogP) is 3.52. The molecule has 0 spiro atoms. The molecule has 1 aliphatic heterocycles. The Bertz CT molecular complexity index is 489. The van der Waals surface area contributed by atoms with Crippen molar-refractivity contribution in [2.24, 2.45) is 0 Å². The summed E-state index contributed by atoms with van der Waals surface area (Å²) in [6.45, 7) is 2.18. The quantitative estimate of drug-likeness (QED) is 0.929. The van der Waals surface area contributed by atoms with Gasteiger partial charge in [0.1, 0.15) is 5.69 Å². The lowest BCUT2D eigenvalue weighted by molar-refractivity contribution is 0.0922. The molecule has 0 aromatic carbocycles. The van der Waals surface area contributed by atoms with Crippen LogP contribution in [0, 0.1) is 0 Å². The van der Waals surface area contributed by atoms with Gasteiger partial charge < -0.3 is 10.2 Å². The Balaban J connectivity index is 1.65. The molecule has 1 saturated heterocycles. The van der Waals surface area contributed by atoms with Crippen molar-refractivity contribution in [2.75, 3.05) is 18.0 Å². The lowest BCUT2D eigenvalue weighted by Crippen LogP contribution is -2.36. The maximum atomic E-state index is 12.4. The SMILES string of the molecule is O=C(NC1CCCCC1)c1cc(N2CCCCCC2)ccn1. The summed E-state index contributed by atoms with van der Waals surface area (Å²) in [5, 5.41) is 3.16. The van der Waals surface area contributed by atoms with Gasteiger partial charge in [-0.25, -0.2) is 0 Å². The second kappa shape index (κ2) is 7.61. The molecule has 1 aliphatic carbocycles. The third-order valence-corrected chi connectivity index (χ3v) is 4.89. The summed E-state index contributed by atoms with van der Waals surface area (Å²) in [5.41, 5.74) is 1.71. The Morgan fingerprint density at radius 3 is 2.45 bits per heavy atom. The van der Waals surface area contributed by atoms with Crippen molar-refractivity contribution in [3.8, 4) is 0 Å². The van der Waals surface area contributed by atoms with Gasteiger partial charge in [0, 0.05) is 31.0 Å². The monoisotopic (exact) mass is 301 g/mol. The van der Waals surface area contributed by atoms with Gasteiger partial charge in [-0.15, -0.1) is 0 Å². The minimum atomic E-state index is -0.0106. The number of pyridine rings is 1. The standard InChI is InChI=1S/C18H27N3O/c22-18(20-15-8-4-3-5-9-15)17-14-16(10-11-19-17)21-12-6-1-2-7-13-21/h10-11,14-15H,1-9,12-13H2,(H,20,22). The van der Waals surface area contributed by atoms with E-state index in [2.05, 4.69) is 15.2 Å². The van der Waals surface area contributed by atoms with Gasteiger partial charge >= 0.3 is 0 Å². The average Bonchev–Trinajstić information content (AvgIpc) is 2.85. The molecular weight excluding hydrogens is 274 g/mol. The molecule has 0 radical (unpaired) electrons. The van der Waals surface area contributed by atoms with Crippen LogP contribution in [0.1, 0.15) is 68.3 Å². The molecule has 3 rings (SSSR count). The normalized spacial score (nSPS) is 20.5. The second-order valence-corrected chi connectivity index (χ2v) is 6.61. The Morgan fingerprint density at radius 2 is 1.73 bits per heavy atom. The topological polar surface area (TPSA) is 45.2 Å². The molecule has 2 fully saturated rings. The lowest BCUT2D eigenvalue weighted by Gasteiger charge is -2.24. The van der Waals surface area contributed by atoms with Gasteiger partial charge in [0.2, 0.25) is 0 Å². The number of rotatable bonds is 3. The summed E-state index contributed by atoms with van der Waals surface area (Å²) in [6, 6.07) is 4.33. The molecule has 1 aromatic rings. The summed E-state index contributed by atoms with van der Waals surface area (Å²) in [7, 11) is 0. The number of amides is 1. The van der Waals surface area contributed by atoms with E-state index in [1.54, 1.807) is 6.20 Å². The van der Waals surface area contributed by atoms with Gasteiger partial charge in [-0.2, -0.15) is 0 Å². The summed E-state index contributed by atoms with van der Waals surface area (Å²) in [5.74, 6) is -0.0106. The molecule has 2 heterocycles. The van der Waals surface area contributed by atoms with Crippen molar-refractivity contribution < 1.29 is 4.79 Å². The molecule has 0 unspecified atom stereocenters. The van der Waals surface area contributed by atoms with Gasteiger partial charge in [0.15, 0.2) is 0 Å². The molecular formula is C18H27N3O. The van der Waals surface area contributed by atoms with Crippen LogP contribution in [0.15, 0.2) is 18.3 Å². The zero-order valence-electron chi connectivity index (χ0n) is 13.4. The maximum absolute atomic E-state index is 12.4. The smallest absolute Gasteiger partial charge is 0.270 e. The maximum Gasteiger partial charge on any atom is 0.270 e. The van der Waals surface area contributed by atoms with Gasteiger partial charge in [0.25, 0.3) is 5.91 Å². The first-order valence-electron chi connectivity index (χ1n) is 8.85. The van der Waals surface area contributed by atoms with E-state index in [-0.39, 0.29) is 5.91 Å². The molecule has 22 heavy (non-hydrogen) atoms. The van der Waals surface area contributed by atoms with Crippen LogP contribution in [0.25, 0.3) is 0 Å². The molecule has 1 N–H and O–H groups in total. The van der Waals surface area contributed by atoms with Crippen molar-refractivity contribution in [1.29, 1.82) is 0 Å². The van der Waals surface area contributed by atoms with Crippen molar-refractivity contribution >= 4 is 11.6 Å². The van der Waals surface area contributed by atoms with Crippen molar-refractivity contribution in [3.05, 3.63) is 24.0 Å². The van der Waals surface area contributed by atoms with Crippen LogP contribution in [-0.2, 0) is 0 Å². The number of aromatic nitrogens is 1. The van der Waals surface area contributed by atoms with Crippen molar-refractivity contribution in [1.82, 2.24) is 10.3 Å². The molecule has 1 amide bonds. The van der Waals surface area contributed by atoms with Crippen LogP contribution in [-0.4, -0.2) is 30.0 Å². The molecule has 4 nitrogen and oxygen atoms in total. The molecule has 2 aliphatic rings. The van der Waals surface area contributed by atoms with E-state index in [1.165, 1.54) is 44.9 Å². The van der Waals surface area contributed by atoms with E-state index < -0.39 is 0 Å². The van der Waals surface area contributed by atoms with Crippen LogP contribution in [0.4, 0.5) is 5.69 Å². The number of carbonyl (C=O) groups is 1. The van der Waals surface area contributed by atoms with Gasteiger partial charge in [-0.05, 0) is 37.8 Å². The number of hydrogen-bond donors (Lipinski definition) is 1. The summed E-state index contributed by atoms with van der Waals surface area (Å²) in [4.78, 5) is 19.1. The fourth-order valence-electron chi connectivity index (χ4n) is 3.58. The van der Waals surface area contributed by atoms with Crippen LogP contribution in [0.3, 0.4) is 0 Å². The molecule has 0 bridgehead atoms. The number of nitrogens with zero attached hydrogens (tertiary/aromatic N) is 2. The van der Waals surface area contributed by atoms with Crippen LogP contribution < -0.4 is 10.2 Å². The van der Waals surface area contributed by atoms with Gasteiger partial charge in [-0.1, -0.05) is 32.1 Å². The number of nitrogens with one attached hydrogen (secondary N) is 1. The highest BCUT2D eigenvalue weighted by Crippen LogP contribution is 2.21. The third-order valence-electron chi connectivity index (χ3n) is 4.89. The predicted molar refractivity (Wildman–Crippen MR) is 89.3 cm³/mol. The van der Waals surface area contributed by atoms with E-state index in [9.17, 15) is 4.79 Å². The third kappa shape index (κ3) is 3.99. The summed E-state index contributed by atoms with van der Waals surface area (Å²) >= 11 is 0. The van der Waals surface area contributed by atoms with Gasteiger partial charge in [-0.3, -0.25) is 9.78 Å². The zero-order valence-corrected chi connectivity index (χ0v) is 13.4. The highest BCUT2D eigenvalue weighted by molar-refractivity contribution is 5.93. The molecule has 4 heteroatoms. The minimum Gasteiger partial charge on any atom is -0.371 e. The van der Waals surface area contributed by atoms with Crippen molar-refractivity contribution in [2.45, 2.75) is 63.8 Å². The highest BCUT2D eigenvalue weighted by Gasteiger charge is 2.18.